The Morgan fingerprint density at radius 1 is 1.25 bits per heavy atom. The van der Waals surface area contributed by atoms with E-state index in [0.29, 0.717) is 17.0 Å². The van der Waals surface area contributed by atoms with Crippen molar-refractivity contribution in [2.45, 2.75) is 6.92 Å². The van der Waals surface area contributed by atoms with E-state index in [1.165, 1.54) is 11.3 Å². The van der Waals surface area contributed by atoms with Crippen molar-refractivity contribution < 1.29 is 9.53 Å². The van der Waals surface area contributed by atoms with Crippen molar-refractivity contribution in [1.29, 1.82) is 0 Å². The molecule has 0 saturated carbocycles. The number of thiophene rings is 1. The fourth-order valence-corrected chi connectivity index (χ4v) is 2.74. The minimum atomic E-state index is -0.545. The quantitative estimate of drug-likeness (QED) is 0.692. The number of esters is 1. The molecule has 0 amide bonds. The van der Waals surface area contributed by atoms with Gasteiger partial charge in [0.25, 0.3) is 5.82 Å². The third-order valence-electron chi connectivity index (χ3n) is 2.67. The molecule has 20 heavy (non-hydrogen) atoms. The standard InChI is InChI=1S/C14H11N3O2S/c1-2-19-14(18)12-15-13-10(16-17-12)8-11(20-13)9-6-4-3-5-7-9/h3-8H,2H2,1H3. The highest BCUT2D eigenvalue weighted by molar-refractivity contribution is 7.21. The lowest BCUT2D eigenvalue weighted by molar-refractivity contribution is 0.0511. The summed E-state index contributed by atoms with van der Waals surface area (Å²) in [6.45, 7) is 2.03. The normalized spacial score (nSPS) is 10.7. The molecule has 6 heteroatoms. The zero-order valence-corrected chi connectivity index (χ0v) is 11.6. The number of hydrogen-bond acceptors (Lipinski definition) is 6. The van der Waals surface area contributed by atoms with Crippen molar-refractivity contribution in [3.63, 3.8) is 0 Å². The summed E-state index contributed by atoms with van der Waals surface area (Å²) < 4.78 is 4.87. The van der Waals surface area contributed by atoms with E-state index in [2.05, 4.69) is 15.2 Å². The number of ether oxygens (including phenoxy) is 1. The molecule has 3 rings (SSSR count). The molecular formula is C14H11N3O2S. The third-order valence-corrected chi connectivity index (χ3v) is 3.74. The Morgan fingerprint density at radius 2 is 2.05 bits per heavy atom. The number of nitrogens with zero attached hydrogens (tertiary/aromatic N) is 3. The van der Waals surface area contributed by atoms with Gasteiger partial charge >= 0.3 is 5.97 Å². The SMILES string of the molecule is CCOC(=O)c1nnc2cc(-c3ccccc3)sc2n1. The van der Waals surface area contributed by atoms with Crippen LogP contribution in [0, 0.1) is 0 Å². The van der Waals surface area contributed by atoms with E-state index in [1.807, 2.05) is 36.4 Å². The molecule has 1 aromatic carbocycles. The molecule has 0 fully saturated rings. The van der Waals surface area contributed by atoms with E-state index in [1.54, 1.807) is 6.92 Å². The molecule has 0 atom stereocenters. The summed E-state index contributed by atoms with van der Waals surface area (Å²) >= 11 is 1.48. The maximum absolute atomic E-state index is 11.6. The topological polar surface area (TPSA) is 65.0 Å². The van der Waals surface area contributed by atoms with Crippen LogP contribution in [0.1, 0.15) is 17.5 Å². The summed E-state index contributed by atoms with van der Waals surface area (Å²) in [5.74, 6) is -0.544. The van der Waals surface area contributed by atoms with Crippen LogP contribution in [0.15, 0.2) is 36.4 Å². The van der Waals surface area contributed by atoms with Gasteiger partial charge in [-0.1, -0.05) is 30.3 Å². The zero-order valence-electron chi connectivity index (χ0n) is 10.7. The number of carbonyl (C=O) groups excluding carboxylic acids is 1. The van der Waals surface area contributed by atoms with Gasteiger partial charge in [0.2, 0.25) is 0 Å². The summed E-state index contributed by atoms with van der Waals surface area (Å²) in [6, 6.07) is 11.9. The van der Waals surface area contributed by atoms with Crippen LogP contribution in [0.3, 0.4) is 0 Å². The fourth-order valence-electron chi connectivity index (χ4n) is 1.77. The molecule has 0 aliphatic heterocycles. The number of hydrogen-bond donors (Lipinski definition) is 0. The lowest BCUT2D eigenvalue weighted by atomic mass is 10.2. The van der Waals surface area contributed by atoms with Crippen LogP contribution < -0.4 is 0 Å². The van der Waals surface area contributed by atoms with Crippen molar-refractivity contribution >= 4 is 27.7 Å². The first kappa shape index (κ1) is 12.7. The average molecular weight is 285 g/mol. The van der Waals surface area contributed by atoms with E-state index < -0.39 is 5.97 Å². The predicted molar refractivity (Wildman–Crippen MR) is 76.6 cm³/mol. The Balaban J connectivity index is 2.02. The van der Waals surface area contributed by atoms with Crippen molar-refractivity contribution in [3.05, 3.63) is 42.2 Å². The van der Waals surface area contributed by atoms with Crippen LogP contribution in [-0.2, 0) is 4.74 Å². The van der Waals surface area contributed by atoms with Crippen LogP contribution >= 0.6 is 11.3 Å². The monoisotopic (exact) mass is 285 g/mol. The van der Waals surface area contributed by atoms with Crippen molar-refractivity contribution in [2.75, 3.05) is 6.61 Å². The molecule has 0 radical (unpaired) electrons. The molecular weight excluding hydrogens is 274 g/mol. The molecule has 0 spiro atoms. The molecule has 2 heterocycles. The smallest absolute Gasteiger partial charge is 0.378 e. The second-order valence-corrected chi connectivity index (χ2v) is 5.05. The van der Waals surface area contributed by atoms with Gasteiger partial charge in [-0.15, -0.1) is 21.5 Å². The van der Waals surface area contributed by atoms with E-state index in [9.17, 15) is 4.79 Å². The summed E-state index contributed by atoms with van der Waals surface area (Å²) in [6.07, 6.45) is 0. The van der Waals surface area contributed by atoms with Crippen LogP contribution in [0.25, 0.3) is 20.8 Å². The van der Waals surface area contributed by atoms with Gasteiger partial charge in [-0.05, 0) is 18.6 Å². The van der Waals surface area contributed by atoms with Gasteiger partial charge in [0.15, 0.2) is 0 Å². The van der Waals surface area contributed by atoms with Crippen molar-refractivity contribution in [1.82, 2.24) is 15.2 Å². The molecule has 3 aromatic rings. The lowest BCUT2D eigenvalue weighted by Gasteiger charge is -1.97. The third kappa shape index (κ3) is 2.37. The zero-order chi connectivity index (χ0) is 13.9. The summed E-state index contributed by atoms with van der Waals surface area (Å²) in [4.78, 5) is 17.5. The van der Waals surface area contributed by atoms with Gasteiger partial charge in [0.05, 0.1) is 6.61 Å². The first-order valence-corrected chi connectivity index (χ1v) is 6.96. The van der Waals surface area contributed by atoms with Gasteiger partial charge in [-0.25, -0.2) is 9.78 Å². The lowest BCUT2D eigenvalue weighted by Crippen LogP contribution is -2.10. The number of carbonyl (C=O) groups is 1. The van der Waals surface area contributed by atoms with E-state index in [0.717, 1.165) is 10.4 Å². The summed E-state index contributed by atoms with van der Waals surface area (Å²) in [5, 5.41) is 7.83. The van der Waals surface area contributed by atoms with E-state index in [-0.39, 0.29) is 5.82 Å². The second kappa shape index (κ2) is 5.34. The number of rotatable bonds is 3. The van der Waals surface area contributed by atoms with Crippen LogP contribution in [0.4, 0.5) is 0 Å². The summed E-state index contributed by atoms with van der Waals surface area (Å²) in [5.41, 5.74) is 1.77. The highest BCUT2D eigenvalue weighted by Gasteiger charge is 2.14. The molecule has 0 aliphatic carbocycles. The number of aromatic nitrogens is 3. The largest absolute Gasteiger partial charge is 0.460 e. The molecule has 0 unspecified atom stereocenters. The molecule has 5 nitrogen and oxygen atoms in total. The van der Waals surface area contributed by atoms with Gasteiger partial charge in [-0.2, -0.15) is 0 Å². The van der Waals surface area contributed by atoms with E-state index in [4.69, 9.17) is 4.74 Å². The maximum atomic E-state index is 11.6. The molecule has 0 N–H and O–H groups in total. The van der Waals surface area contributed by atoms with Crippen LogP contribution in [0.5, 0.6) is 0 Å². The Bertz CT molecular complexity index is 755. The van der Waals surface area contributed by atoms with E-state index >= 15 is 0 Å². The maximum Gasteiger partial charge on any atom is 0.378 e. The Labute approximate surface area is 119 Å². The Hall–Kier alpha value is -2.34. The first-order chi connectivity index (χ1) is 9.78. The molecule has 0 bridgehead atoms. The minimum Gasteiger partial charge on any atom is -0.460 e. The fraction of sp³-hybridized carbons (Fsp3) is 0.143. The minimum absolute atomic E-state index is 0.000752. The predicted octanol–water partition coefficient (Wildman–Crippen LogP) is 2.93. The van der Waals surface area contributed by atoms with Gasteiger partial charge in [0.1, 0.15) is 10.3 Å². The van der Waals surface area contributed by atoms with Gasteiger partial charge in [-0.3, -0.25) is 0 Å². The number of benzene rings is 1. The van der Waals surface area contributed by atoms with Gasteiger partial charge < -0.3 is 4.74 Å². The van der Waals surface area contributed by atoms with Crippen molar-refractivity contribution in [3.8, 4) is 10.4 Å². The second-order valence-electron chi connectivity index (χ2n) is 4.02. The Morgan fingerprint density at radius 3 is 2.80 bits per heavy atom. The highest BCUT2D eigenvalue weighted by atomic mass is 32.1. The van der Waals surface area contributed by atoms with Gasteiger partial charge in [0, 0.05) is 4.88 Å². The molecule has 0 aliphatic rings. The molecule has 0 saturated heterocycles. The Kier molecular flexibility index (Phi) is 3.39. The van der Waals surface area contributed by atoms with Crippen LogP contribution in [0.2, 0.25) is 0 Å². The average Bonchev–Trinajstić information content (AvgIpc) is 2.91. The molecule has 2 aromatic heterocycles. The molecule has 100 valence electrons. The first-order valence-electron chi connectivity index (χ1n) is 6.14. The highest BCUT2D eigenvalue weighted by Crippen LogP contribution is 2.30. The summed E-state index contributed by atoms with van der Waals surface area (Å²) in [7, 11) is 0. The van der Waals surface area contributed by atoms with Crippen LogP contribution in [-0.4, -0.2) is 27.8 Å². The van der Waals surface area contributed by atoms with Crippen molar-refractivity contribution in [2.24, 2.45) is 0 Å². The number of fused-ring (bicyclic) bond motifs is 1.